The van der Waals surface area contributed by atoms with E-state index in [0.29, 0.717) is 12.5 Å². The number of aromatic nitrogens is 3. The molecule has 0 amide bonds. The molecule has 0 saturated carbocycles. The third-order valence-electron chi connectivity index (χ3n) is 2.82. The average molecular weight is 262 g/mol. The van der Waals surface area contributed by atoms with Gasteiger partial charge in [-0.1, -0.05) is 25.1 Å². The Bertz CT molecular complexity index is 534. The van der Waals surface area contributed by atoms with E-state index in [0.717, 1.165) is 17.1 Å². The molecule has 0 aliphatic heterocycles. The molecular formula is C13H18N4S. The summed E-state index contributed by atoms with van der Waals surface area (Å²) in [5.74, 6) is 0.344. The summed E-state index contributed by atoms with van der Waals surface area (Å²) in [6, 6.07) is 8.28. The first kappa shape index (κ1) is 13.1. The number of benzene rings is 1. The van der Waals surface area contributed by atoms with E-state index in [2.05, 4.69) is 42.5 Å². The molecule has 1 aromatic carbocycles. The Kier molecular flexibility index (Phi) is 4.04. The number of nitrogens with zero attached hydrogens (tertiary/aromatic N) is 3. The Morgan fingerprint density at radius 2 is 2.17 bits per heavy atom. The first-order chi connectivity index (χ1) is 8.67. The summed E-state index contributed by atoms with van der Waals surface area (Å²) in [4.78, 5) is 1.21. The quantitative estimate of drug-likeness (QED) is 0.860. The van der Waals surface area contributed by atoms with Crippen LogP contribution in [0, 0.1) is 0 Å². The van der Waals surface area contributed by atoms with Crippen LogP contribution in [0.25, 0.3) is 5.69 Å². The molecule has 0 spiro atoms. The molecule has 96 valence electrons. The zero-order valence-corrected chi connectivity index (χ0v) is 11.7. The molecule has 5 heteroatoms. The highest BCUT2D eigenvalue weighted by Gasteiger charge is 2.16. The average Bonchev–Trinajstić information content (AvgIpc) is 2.82. The van der Waals surface area contributed by atoms with Gasteiger partial charge in [0, 0.05) is 11.4 Å². The second-order valence-electron chi connectivity index (χ2n) is 4.39. The van der Waals surface area contributed by atoms with Gasteiger partial charge in [-0.3, -0.25) is 0 Å². The van der Waals surface area contributed by atoms with E-state index in [4.69, 9.17) is 5.73 Å². The van der Waals surface area contributed by atoms with Crippen molar-refractivity contribution in [1.82, 2.24) is 15.0 Å². The zero-order chi connectivity index (χ0) is 13.1. The molecule has 0 saturated heterocycles. The van der Waals surface area contributed by atoms with Crippen LogP contribution >= 0.6 is 11.8 Å². The van der Waals surface area contributed by atoms with Crippen molar-refractivity contribution in [3.8, 4) is 5.69 Å². The van der Waals surface area contributed by atoms with Crippen LogP contribution < -0.4 is 5.73 Å². The highest BCUT2D eigenvalue weighted by Crippen LogP contribution is 2.23. The van der Waals surface area contributed by atoms with Crippen molar-refractivity contribution in [2.75, 3.05) is 6.26 Å². The lowest BCUT2D eigenvalue weighted by molar-refractivity contribution is 0.713. The fourth-order valence-corrected chi connectivity index (χ4v) is 2.43. The van der Waals surface area contributed by atoms with Crippen LogP contribution in [0.3, 0.4) is 0 Å². The van der Waals surface area contributed by atoms with Crippen LogP contribution in [0.15, 0.2) is 29.2 Å². The van der Waals surface area contributed by atoms with Crippen molar-refractivity contribution in [2.45, 2.75) is 31.2 Å². The Morgan fingerprint density at radius 1 is 1.39 bits per heavy atom. The SMILES string of the molecule is CSc1cccc(-n2nnc(CN)c2C(C)C)c1. The summed E-state index contributed by atoms with van der Waals surface area (Å²) in [5, 5.41) is 8.40. The van der Waals surface area contributed by atoms with E-state index in [1.54, 1.807) is 11.8 Å². The van der Waals surface area contributed by atoms with E-state index in [9.17, 15) is 0 Å². The molecule has 0 fully saturated rings. The number of hydrogen-bond acceptors (Lipinski definition) is 4. The number of thioether (sulfide) groups is 1. The zero-order valence-electron chi connectivity index (χ0n) is 10.9. The van der Waals surface area contributed by atoms with Gasteiger partial charge in [0.15, 0.2) is 0 Å². The molecule has 0 radical (unpaired) electrons. The smallest absolute Gasteiger partial charge is 0.100 e. The lowest BCUT2D eigenvalue weighted by Gasteiger charge is -2.11. The Morgan fingerprint density at radius 3 is 2.78 bits per heavy atom. The molecular weight excluding hydrogens is 244 g/mol. The highest BCUT2D eigenvalue weighted by atomic mass is 32.2. The Labute approximate surface area is 112 Å². The van der Waals surface area contributed by atoms with Crippen molar-refractivity contribution in [3.63, 3.8) is 0 Å². The second kappa shape index (κ2) is 5.54. The summed E-state index contributed by atoms with van der Waals surface area (Å²) in [7, 11) is 0. The van der Waals surface area contributed by atoms with Crippen LogP contribution in [0.5, 0.6) is 0 Å². The standard InChI is InChI=1S/C13H18N4S/c1-9(2)13-12(8-14)15-16-17(13)10-5-4-6-11(7-10)18-3/h4-7,9H,8,14H2,1-3H3. The molecule has 0 atom stereocenters. The predicted molar refractivity (Wildman–Crippen MR) is 75.1 cm³/mol. The molecule has 2 rings (SSSR count). The lowest BCUT2D eigenvalue weighted by atomic mass is 10.1. The molecule has 0 unspecified atom stereocenters. The summed E-state index contributed by atoms with van der Waals surface area (Å²) < 4.78 is 1.90. The minimum Gasteiger partial charge on any atom is -0.325 e. The van der Waals surface area contributed by atoms with Gasteiger partial charge in [0.1, 0.15) is 5.69 Å². The normalized spacial score (nSPS) is 11.2. The number of hydrogen-bond donors (Lipinski definition) is 1. The summed E-state index contributed by atoms with van der Waals surface area (Å²) in [6.07, 6.45) is 2.06. The Hall–Kier alpha value is -1.33. The molecule has 0 aliphatic rings. The molecule has 1 heterocycles. The van der Waals surface area contributed by atoms with Gasteiger partial charge < -0.3 is 5.73 Å². The fraction of sp³-hybridized carbons (Fsp3) is 0.385. The van der Waals surface area contributed by atoms with Crippen molar-refractivity contribution >= 4 is 11.8 Å². The monoisotopic (exact) mass is 262 g/mol. The summed E-state index contributed by atoms with van der Waals surface area (Å²) >= 11 is 1.72. The van der Waals surface area contributed by atoms with Gasteiger partial charge in [-0.2, -0.15) is 0 Å². The summed E-state index contributed by atoms with van der Waals surface area (Å²) in [6.45, 7) is 4.69. The van der Waals surface area contributed by atoms with Gasteiger partial charge in [0.2, 0.25) is 0 Å². The van der Waals surface area contributed by atoms with Crippen LogP contribution in [0.4, 0.5) is 0 Å². The van der Waals surface area contributed by atoms with Crippen molar-refractivity contribution in [1.29, 1.82) is 0 Å². The molecule has 1 aromatic heterocycles. The topological polar surface area (TPSA) is 56.7 Å². The predicted octanol–water partition coefficient (Wildman–Crippen LogP) is 2.57. The van der Waals surface area contributed by atoms with Crippen LogP contribution in [-0.4, -0.2) is 21.2 Å². The van der Waals surface area contributed by atoms with Gasteiger partial charge >= 0.3 is 0 Å². The largest absolute Gasteiger partial charge is 0.325 e. The first-order valence-electron chi connectivity index (χ1n) is 5.96. The molecule has 0 aliphatic carbocycles. The van der Waals surface area contributed by atoms with E-state index in [1.165, 1.54) is 4.90 Å². The molecule has 2 N–H and O–H groups in total. The summed E-state index contributed by atoms with van der Waals surface area (Å²) in [5.41, 5.74) is 8.72. The van der Waals surface area contributed by atoms with Crippen molar-refractivity contribution in [3.05, 3.63) is 35.7 Å². The third kappa shape index (κ3) is 2.42. The third-order valence-corrected chi connectivity index (χ3v) is 3.54. The van der Waals surface area contributed by atoms with Gasteiger partial charge in [-0.15, -0.1) is 16.9 Å². The van der Waals surface area contributed by atoms with Crippen molar-refractivity contribution < 1.29 is 0 Å². The number of nitrogens with two attached hydrogens (primary N) is 1. The molecule has 0 bridgehead atoms. The van der Waals surface area contributed by atoms with Gasteiger partial charge in [0.25, 0.3) is 0 Å². The minimum atomic E-state index is 0.344. The van der Waals surface area contributed by atoms with Crippen LogP contribution in [0.1, 0.15) is 31.2 Å². The van der Waals surface area contributed by atoms with Crippen molar-refractivity contribution in [2.24, 2.45) is 5.73 Å². The first-order valence-corrected chi connectivity index (χ1v) is 7.18. The maximum Gasteiger partial charge on any atom is 0.100 e. The van der Waals surface area contributed by atoms with Crippen LogP contribution in [0.2, 0.25) is 0 Å². The molecule has 18 heavy (non-hydrogen) atoms. The van der Waals surface area contributed by atoms with Gasteiger partial charge in [-0.05, 0) is 30.4 Å². The second-order valence-corrected chi connectivity index (χ2v) is 5.27. The fourth-order valence-electron chi connectivity index (χ4n) is 1.98. The van der Waals surface area contributed by atoms with Crippen LogP contribution in [-0.2, 0) is 6.54 Å². The minimum absolute atomic E-state index is 0.344. The molecule has 4 nitrogen and oxygen atoms in total. The molecule has 2 aromatic rings. The maximum atomic E-state index is 5.72. The van der Waals surface area contributed by atoms with E-state index in [-0.39, 0.29) is 0 Å². The van der Waals surface area contributed by atoms with E-state index >= 15 is 0 Å². The van der Waals surface area contributed by atoms with Gasteiger partial charge in [-0.25, -0.2) is 4.68 Å². The van der Waals surface area contributed by atoms with E-state index < -0.39 is 0 Å². The van der Waals surface area contributed by atoms with E-state index in [1.807, 2.05) is 16.8 Å². The maximum absolute atomic E-state index is 5.72. The highest BCUT2D eigenvalue weighted by molar-refractivity contribution is 7.98. The number of rotatable bonds is 4. The van der Waals surface area contributed by atoms with Gasteiger partial charge in [0.05, 0.1) is 11.4 Å². The Balaban J connectivity index is 2.52. The lowest BCUT2D eigenvalue weighted by Crippen LogP contribution is -2.07.